The van der Waals surface area contributed by atoms with E-state index in [1.165, 1.54) is 6.07 Å². The molecule has 0 saturated carbocycles. The van der Waals surface area contributed by atoms with Crippen molar-refractivity contribution < 1.29 is 9.13 Å². The van der Waals surface area contributed by atoms with Gasteiger partial charge in [-0.05, 0) is 64.7 Å². The monoisotopic (exact) mass is 356 g/mol. The summed E-state index contributed by atoms with van der Waals surface area (Å²) in [6.45, 7) is 4.28. The average molecular weight is 358 g/mol. The van der Waals surface area contributed by atoms with Crippen LogP contribution in [0.2, 0.25) is 0 Å². The first-order valence-corrected chi connectivity index (χ1v) is 7.58. The number of benzene rings is 2. The van der Waals surface area contributed by atoms with E-state index in [0.29, 0.717) is 12.2 Å². The molecule has 2 aromatic rings. The van der Waals surface area contributed by atoms with Crippen LogP contribution < -0.4 is 4.74 Å². The van der Waals surface area contributed by atoms with Gasteiger partial charge in [0.25, 0.3) is 0 Å². The predicted molar refractivity (Wildman–Crippen MR) is 84.1 cm³/mol. The third-order valence-electron chi connectivity index (χ3n) is 3.02. The molecule has 4 heteroatoms. The van der Waals surface area contributed by atoms with E-state index >= 15 is 0 Å². The Morgan fingerprint density at radius 2 is 1.85 bits per heavy atom. The summed E-state index contributed by atoms with van der Waals surface area (Å²) < 4.78 is 19.6. The molecule has 0 spiro atoms. The Hall–Kier alpha value is -1.06. The number of aryl methyl sites for hydroxylation is 1. The molecule has 0 aromatic heterocycles. The highest BCUT2D eigenvalue weighted by atomic mass is 79.9. The molecule has 2 aromatic carbocycles. The number of ether oxygens (including phenoxy) is 1. The van der Waals surface area contributed by atoms with Gasteiger partial charge < -0.3 is 4.74 Å². The Kier molecular flexibility index (Phi) is 5.06. The summed E-state index contributed by atoms with van der Waals surface area (Å²) in [4.78, 5) is 0. The molecule has 1 nitrogen and oxygen atoms in total. The first-order valence-electron chi connectivity index (χ1n) is 6.35. The SMILES string of the molecule is CCOc1ccc(C(Cl)c2ccc(F)c(C)c2)cc1Br. The van der Waals surface area contributed by atoms with Crippen molar-refractivity contribution in [1.29, 1.82) is 0 Å². The number of rotatable bonds is 4. The summed E-state index contributed by atoms with van der Waals surface area (Å²) in [5.74, 6) is 0.570. The lowest BCUT2D eigenvalue weighted by Crippen LogP contribution is -1.97. The molecule has 0 radical (unpaired) electrons. The molecule has 0 aliphatic rings. The molecule has 2 rings (SSSR count). The third-order valence-corrected chi connectivity index (χ3v) is 4.15. The van der Waals surface area contributed by atoms with Crippen LogP contribution in [0.15, 0.2) is 40.9 Å². The van der Waals surface area contributed by atoms with Gasteiger partial charge in [-0.15, -0.1) is 11.6 Å². The molecular weight excluding hydrogens is 343 g/mol. The molecule has 0 amide bonds. The van der Waals surface area contributed by atoms with Crippen LogP contribution in [0, 0.1) is 12.7 Å². The molecule has 0 bridgehead atoms. The Balaban J connectivity index is 2.30. The second-order valence-corrected chi connectivity index (χ2v) is 5.78. The molecule has 0 aliphatic heterocycles. The van der Waals surface area contributed by atoms with E-state index in [2.05, 4.69) is 15.9 Å². The van der Waals surface area contributed by atoms with E-state index in [1.807, 2.05) is 25.1 Å². The zero-order valence-electron chi connectivity index (χ0n) is 11.3. The van der Waals surface area contributed by atoms with Crippen LogP contribution in [0.25, 0.3) is 0 Å². The zero-order chi connectivity index (χ0) is 14.7. The predicted octanol–water partition coefficient (Wildman–Crippen LogP) is 5.62. The fraction of sp³-hybridized carbons (Fsp3) is 0.250. The smallest absolute Gasteiger partial charge is 0.133 e. The maximum atomic E-state index is 13.3. The van der Waals surface area contributed by atoms with Crippen molar-refractivity contribution in [2.75, 3.05) is 6.61 Å². The highest BCUT2D eigenvalue weighted by molar-refractivity contribution is 9.10. The van der Waals surface area contributed by atoms with E-state index < -0.39 is 0 Å². The zero-order valence-corrected chi connectivity index (χ0v) is 13.6. The van der Waals surface area contributed by atoms with Gasteiger partial charge in [-0.1, -0.05) is 18.2 Å². The minimum Gasteiger partial charge on any atom is -0.493 e. The lowest BCUT2D eigenvalue weighted by molar-refractivity contribution is 0.338. The fourth-order valence-electron chi connectivity index (χ4n) is 1.97. The molecule has 0 aliphatic carbocycles. The average Bonchev–Trinajstić information content (AvgIpc) is 2.43. The topological polar surface area (TPSA) is 9.23 Å². The van der Waals surface area contributed by atoms with Gasteiger partial charge in [0.15, 0.2) is 0 Å². The molecule has 0 N–H and O–H groups in total. The number of hydrogen-bond acceptors (Lipinski definition) is 1. The van der Waals surface area contributed by atoms with Crippen LogP contribution in [0.1, 0.15) is 29.0 Å². The van der Waals surface area contributed by atoms with E-state index in [9.17, 15) is 4.39 Å². The summed E-state index contributed by atoms with van der Waals surface area (Å²) in [5, 5.41) is -0.318. The second kappa shape index (κ2) is 6.59. The van der Waals surface area contributed by atoms with Crippen molar-refractivity contribution in [2.45, 2.75) is 19.2 Å². The van der Waals surface area contributed by atoms with Gasteiger partial charge in [-0.25, -0.2) is 4.39 Å². The molecule has 0 fully saturated rings. The molecule has 20 heavy (non-hydrogen) atoms. The first kappa shape index (κ1) is 15.3. The maximum absolute atomic E-state index is 13.3. The maximum Gasteiger partial charge on any atom is 0.133 e. The summed E-state index contributed by atoms with van der Waals surface area (Å²) in [5.41, 5.74) is 2.41. The molecular formula is C16H15BrClFO. The van der Waals surface area contributed by atoms with Crippen LogP contribution in [-0.2, 0) is 0 Å². The Morgan fingerprint density at radius 1 is 1.20 bits per heavy atom. The van der Waals surface area contributed by atoms with Crippen LogP contribution in [0.3, 0.4) is 0 Å². The van der Waals surface area contributed by atoms with Crippen molar-refractivity contribution in [1.82, 2.24) is 0 Å². The summed E-state index contributed by atoms with van der Waals surface area (Å²) in [6, 6.07) is 10.7. The Morgan fingerprint density at radius 3 is 2.45 bits per heavy atom. The van der Waals surface area contributed by atoms with Crippen molar-refractivity contribution in [2.24, 2.45) is 0 Å². The van der Waals surface area contributed by atoms with Crippen LogP contribution in [-0.4, -0.2) is 6.61 Å². The minimum atomic E-state index is -0.318. The Bertz CT molecular complexity index is 615. The van der Waals surface area contributed by atoms with Gasteiger partial charge in [-0.2, -0.15) is 0 Å². The number of alkyl halides is 1. The van der Waals surface area contributed by atoms with Gasteiger partial charge in [-0.3, -0.25) is 0 Å². The normalized spacial score (nSPS) is 12.2. The molecule has 1 atom stereocenters. The molecule has 106 valence electrons. The molecule has 0 heterocycles. The summed E-state index contributed by atoms with van der Waals surface area (Å²) >= 11 is 9.94. The quantitative estimate of drug-likeness (QED) is 0.645. The Labute approximate surface area is 131 Å². The fourth-order valence-corrected chi connectivity index (χ4v) is 2.75. The van der Waals surface area contributed by atoms with E-state index in [-0.39, 0.29) is 11.2 Å². The van der Waals surface area contributed by atoms with Crippen LogP contribution in [0.5, 0.6) is 5.75 Å². The third kappa shape index (κ3) is 3.33. The van der Waals surface area contributed by atoms with Gasteiger partial charge >= 0.3 is 0 Å². The summed E-state index contributed by atoms with van der Waals surface area (Å²) in [6.07, 6.45) is 0. The first-order chi connectivity index (χ1) is 9.52. The number of hydrogen-bond donors (Lipinski definition) is 0. The van der Waals surface area contributed by atoms with Crippen LogP contribution >= 0.6 is 27.5 Å². The second-order valence-electron chi connectivity index (χ2n) is 4.49. The highest BCUT2D eigenvalue weighted by Gasteiger charge is 2.14. The molecule has 0 saturated heterocycles. The minimum absolute atomic E-state index is 0.217. The lowest BCUT2D eigenvalue weighted by atomic mass is 10.0. The van der Waals surface area contributed by atoms with Crippen molar-refractivity contribution >= 4 is 27.5 Å². The van der Waals surface area contributed by atoms with E-state index in [4.69, 9.17) is 16.3 Å². The van der Waals surface area contributed by atoms with Gasteiger partial charge in [0.1, 0.15) is 11.6 Å². The largest absolute Gasteiger partial charge is 0.493 e. The van der Waals surface area contributed by atoms with Gasteiger partial charge in [0.05, 0.1) is 16.5 Å². The van der Waals surface area contributed by atoms with E-state index in [0.717, 1.165) is 21.3 Å². The van der Waals surface area contributed by atoms with Gasteiger partial charge in [0, 0.05) is 0 Å². The van der Waals surface area contributed by atoms with Crippen molar-refractivity contribution in [3.05, 3.63) is 63.4 Å². The van der Waals surface area contributed by atoms with Crippen LogP contribution in [0.4, 0.5) is 4.39 Å². The number of halogens is 3. The lowest BCUT2D eigenvalue weighted by Gasteiger charge is -2.13. The molecule has 1 unspecified atom stereocenters. The highest BCUT2D eigenvalue weighted by Crippen LogP contribution is 2.34. The van der Waals surface area contributed by atoms with Gasteiger partial charge in [0.2, 0.25) is 0 Å². The van der Waals surface area contributed by atoms with Crippen molar-refractivity contribution in [3.63, 3.8) is 0 Å². The summed E-state index contributed by atoms with van der Waals surface area (Å²) in [7, 11) is 0. The van der Waals surface area contributed by atoms with Crippen molar-refractivity contribution in [3.8, 4) is 5.75 Å². The standard InChI is InChI=1S/C16H15BrClFO/c1-3-20-15-7-5-12(9-13(15)17)16(18)11-4-6-14(19)10(2)8-11/h4-9,16H,3H2,1-2H3. The van der Waals surface area contributed by atoms with E-state index in [1.54, 1.807) is 19.1 Å².